The quantitative estimate of drug-likeness (QED) is 0.435. The van der Waals surface area contributed by atoms with Gasteiger partial charge in [0, 0.05) is 16.9 Å². The van der Waals surface area contributed by atoms with Crippen LogP contribution in [0.3, 0.4) is 0 Å². The minimum Gasteiger partial charge on any atom is -0.467 e. The first-order valence-corrected chi connectivity index (χ1v) is 13.7. The van der Waals surface area contributed by atoms with Crippen LogP contribution >= 0.6 is 0 Å². The van der Waals surface area contributed by atoms with Gasteiger partial charge in [-0.1, -0.05) is 61.1 Å². The normalized spacial score (nSPS) is 26.4. The number of methoxy groups -OCH3 is 1. The van der Waals surface area contributed by atoms with E-state index in [9.17, 15) is 19.1 Å². The lowest BCUT2D eigenvalue weighted by Gasteiger charge is -2.44. The van der Waals surface area contributed by atoms with Crippen LogP contribution in [-0.2, 0) is 16.0 Å². The van der Waals surface area contributed by atoms with Crippen molar-refractivity contribution in [3.8, 4) is 0 Å². The third-order valence-corrected chi connectivity index (χ3v) is 9.09. The second-order valence-electron chi connectivity index (χ2n) is 11.4. The van der Waals surface area contributed by atoms with Crippen molar-refractivity contribution in [1.29, 1.82) is 0 Å². The van der Waals surface area contributed by atoms with Crippen LogP contribution in [0.15, 0.2) is 83.5 Å². The Kier molecular flexibility index (Phi) is 7.34. The molecular formula is C33H36FNO4. The Morgan fingerprint density at radius 3 is 2.64 bits per heavy atom. The number of fused-ring (bicyclic) bond motifs is 1. The van der Waals surface area contributed by atoms with Crippen molar-refractivity contribution in [2.75, 3.05) is 7.11 Å². The van der Waals surface area contributed by atoms with Crippen molar-refractivity contribution in [3.63, 3.8) is 0 Å². The molecule has 0 saturated heterocycles. The average Bonchev–Trinajstić information content (AvgIpc) is 3.19. The first-order valence-electron chi connectivity index (χ1n) is 13.7. The van der Waals surface area contributed by atoms with E-state index in [1.165, 1.54) is 36.0 Å². The summed E-state index contributed by atoms with van der Waals surface area (Å²) in [5.74, 6) is -0.835. The van der Waals surface area contributed by atoms with Gasteiger partial charge in [-0.2, -0.15) is 0 Å². The fraction of sp³-hybridized carbons (Fsp3) is 0.394. The average molecular weight is 530 g/mol. The number of nitrogens with one attached hydrogen (secondary N) is 1. The summed E-state index contributed by atoms with van der Waals surface area (Å²) in [5.41, 5.74) is 5.04. The van der Waals surface area contributed by atoms with Gasteiger partial charge in [0.25, 0.3) is 5.91 Å². The summed E-state index contributed by atoms with van der Waals surface area (Å²) in [5, 5.41) is 14.8. The fourth-order valence-corrected chi connectivity index (χ4v) is 6.54. The Morgan fingerprint density at radius 1 is 1.15 bits per heavy atom. The van der Waals surface area contributed by atoms with Crippen molar-refractivity contribution in [2.45, 2.75) is 69.9 Å². The van der Waals surface area contributed by atoms with E-state index in [1.54, 1.807) is 19.1 Å². The number of hydrogen-bond acceptors (Lipinski definition) is 4. The highest BCUT2D eigenvalue weighted by Gasteiger charge is 2.54. The van der Waals surface area contributed by atoms with Gasteiger partial charge in [-0.15, -0.1) is 0 Å². The number of carbonyl (C=O) groups is 2. The Hall–Kier alpha value is -3.51. The number of aryl methyl sites for hydroxylation is 1. The molecule has 1 saturated carbocycles. The summed E-state index contributed by atoms with van der Waals surface area (Å²) >= 11 is 0. The fourth-order valence-electron chi connectivity index (χ4n) is 6.54. The molecule has 2 aromatic carbocycles. The topological polar surface area (TPSA) is 75.6 Å². The van der Waals surface area contributed by atoms with E-state index in [4.69, 9.17) is 4.74 Å². The summed E-state index contributed by atoms with van der Waals surface area (Å²) < 4.78 is 18.1. The molecule has 204 valence electrons. The molecule has 4 atom stereocenters. The van der Waals surface area contributed by atoms with Gasteiger partial charge in [0.1, 0.15) is 11.9 Å². The van der Waals surface area contributed by atoms with Crippen molar-refractivity contribution in [2.24, 2.45) is 5.41 Å². The second kappa shape index (κ2) is 10.6. The number of carbonyl (C=O) groups excluding carboxylic acids is 2. The predicted octanol–water partition coefficient (Wildman–Crippen LogP) is 5.95. The van der Waals surface area contributed by atoms with Crippen molar-refractivity contribution in [3.05, 3.63) is 106 Å². The molecule has 5 nitrogen and oxygen atoms in total. The predicted molar refractivity (Wildman–Crippen MR) is 149 cm³/mol. The molecule has 2 aromatic rings. The van der Waals surface area contributed by atoms with Crippen molar-refractivity contribution in [1.82, 2.24) is 5.32 Å². The summed E-state index contributed by atoms with van der Waals surface area (Å²) in [6.07, 6.45) is 10.9. The molecule has 3 aliphatic rings. The zero-order valence-electron chi connectivity index (χ0n) is 22.8. The molecule has 0 aromatic heterocycles. The summed E-state index contributed by atoms with van der Waals surface area (Å²) in [6.45, 7) is 3.77. The molecule has 39 heavy (non-hydrogen) atoms. The van der Waals surface area contributed by atoms with E-state index in [1.807, 2.05) is 24.3 Å². The zero-order chi connectivity index (χ0) is 27.8. The van der Waals surface area contributed by atoms with E-state index in [-0.39, 0.29) is 23.1 Å². The number of benzene rings is 2. The van der Waals surface area contributed by atoms with E-state index in [2.05, 4.69) is 30.5 Å². The zero-order valence-corrected chi connectivity index (χ0v) is 22.8. The molecule has 5 rings (SSSR count). The molecule has 6 heteroatoms. The lowest BCUT2D eigenvalue weighted by Crippen LogP contribution is -2.44. The molecule has 0 aliphatic heterocycles. The van der Waals surface area contributed by atoms with E-state index < -0.39 is 17.6 Å². The number of aliphatic hydroxyl groups is 1. The maximum absolute atomic E-state index is 13.4. The standard InChI is InChI=1S/C33H36FNO4/c1-21(31(37)39-3)35-30(36)29-7-5-4-6-23(29)14-16-33(38)17-15-27-19-26-18-24(22-10-12-28(34)13-11-22)8-9-25(26)20-32(27,33)2/h4-13,19,21,24,38H,14-18,20H2,1-3H3,(H,35,36). The molecule has 2 N–H and O–H groups in total. The number of amides is 1. The minimum atomic E-state index is -0.901. The van der Waals surface area contributed by atoms with Crippen LogP contribution in [0.4, 0.5) is 4.39 Å². The molecule has 0 bridgehead atoms. The maximum Gasteiger partial charge on any atom is 0.328 e. The number of hydrogen-bond donors (Lipinski definition) is 2. The highest BCUT2D eigenvalue weighted by Crippen LogP contribution is 2.59. The number of halogens is 1. The number of rotatable bonds is 7. The third kappa shape index (κ3) is 5.10. The van der Waals surface area contributed by atoms with Crippen LogP contribution in [0.25, 0.3) is 0 Å². The summed E-state index contributed by atoms with van der Waals surface area (Å²) in [6, 6.07) is 13.4. The number of allylic oxidation sites excluding steroid dienone is 5. The van der Waals surface area contributed by atoms with Crippen LogP contribution in [0.1, 0.15) is 73.4 Å². The highest BCUT2D eigenvalue weighted by molar-refractivity contribution is 5.97. The molecule has 1 amide bonds. The van der Waals surface area contributed by atoms with Crippen LogP contribution in [0.2, 0.25) is 0 Å². The van der Waals surface area contributed by atoms with Crippen LogP contribution in [0.5, 0.6) is 0 Å². The second-order valence-corrected chi connectivity index (χ2v) is 11.4. The van der Waals surface area contributed by atoms with Crippen LogP contribution in [-0.4, -0.2) is 35.7 Å². The number of ether oxygens (including phenoxy) is 1. The van der Waals surface area contributed by atoms with Gasteiger partial charge in [-0.3, -0.25) is 4.79 Å². The Labute approximate surface area is 229 Å². The Bertz CT molecular complexity index is 1370. The Balaban J connectivity index is 1.30. The van der Waals surface area contributed by atoms with Gasteiger partial charge >= 0.3 is 5.97 Å². The van der Waals surface area contributed by atoms with Crippen molar-refractivity contribution >= 4 is 11.9 Å². The SMILES string of the molecule is COC(=O)C(C)NC(=O)c1ccccc1CCC1(O)CCC2=CC3=C(C=CC(c4ccc(F)cc4)C3)CC21C. The van der Waals surface area contributed by atoms with Gasteiger partial charge in [-0.05, 0) is 85.9 Å². The first-order chi connectivity index (χ1) is 18.6. The highest BCUT2D eigenvalue weighted by atomic mass is 19.1. The molecule has 3 aliphatic carbocycles. The number of esters is 1. The van der Waals surface area contributed by atoms with Crippen LogP contribution < -0.4 is 5.32 Å². The van der Waals surface area contributed by atoms with Gasteiger partial charge in [-0.25, -0.2) is 9.18 Å². The first kappa shape index (κ1) is 27.1. The molecule has 1 fully saturated rings. The van der Waals surface area contributed by atoms with Gasteiger partial charge in [0.15, 0.2) is 0 Å². The molecule has 4 unspecified atom stereocenters. The lowest BCUT2D eigenvalue weighted by atomic mass is 9.63. The van der Waals surface area contributed by atoms with Gasteiger partial charge < -0.3 is 15.2 Å². The maximum atomic E-state index is 13.4. The summed E-state index contributed by atoms with van der Waals surface area (Å²) in [4.78, 5) is 24.7. The van der Waals surface area contributed by atoms with Crippen molar-refractivity contribution < 1.29 is 23.8 Å². The van der Waals surface area contributed by atoms with Gasteiger partial charge in [0.2, 0.25) is 0 Å². The van der Waals surface area contributed by atoms with E-state index in [0.717, 1.165) is 30.4 Å². The van der Waals surface area contributed by atoms with E-state index >= 15 is 0 Å². The largest absolute Gasteiger partial charge is 0.467 e. The minimum absolute atomic E-state index is 0.218. The van der Waals surface area contributed by atoms with Gasteiger partial charge in [0.05, 0.1) is 12.7 Å². The third-order valence-electron chi connectivity index (χ3n) is 9.09. The molecule has 0 radical (unpaired) electrons. The summed E-state index contributed by atoms with van der Waals surface area (Å²) in [7, 11) is 1.29. The molecule has 0 spiro atoms. The smallest absolute Gasteiger partial charge is 0.328 e. The molecule has 0 heterocycles. The van der Waals surface area contributed by atoms with E-state index in [0.29, 0.717) is 24.8 Å². The monoisotopic (exact) mass is 529 g/mol. The molecular weight excluding hydrogens is 493 g/mol. The van der Waals surface area contributed by atoms with Crippen LogP contribution in [0, 0.1) is 11.2 Å². The lowest BCUT2D eigenvalue weighted by molar-refractivity contribution is -0.142. The Morgan fingerprint density at radius 2 is 1.90 bits per heavy atom.